The molecule has 1 unspecified atom stereocenters. The minimum Gasteiger partial charge on any atom is -0.381 e. The molecule has 5 nitrogen and oxygen atoms in total. The second-order valence-corrected chi connectivity index (χ2v) is 8.54. The van der Waals surface area contributed by atoms with Crippen molar-refractivity contribution in [2.24, 2.45) is 5.92 Å². The molecule has 1 fully saturated rings. The van der Waals surface area contributed by atoms with E-state index in [0.29, 0.717) is 10.1 Å². The van der Waals surface area contributed by atoms with Gasteiger partial charge in [-0.3, -0.25) is 0 Å². The summed E-state index contributed by atoms with van der Waals surface area (Å²) in [6, 6.07) is 3.55. The van der Waals surface area contributed by atoms with E-state index in [1.54, 1.807) is 6.07 Å². The summed E-state index contributed by atoms with van der Waals surface area (Å²) in [6.45, 7) is 4.25. The molecular formula is C14H24N2O3S2. The quantitative estimate of drug-likeness (QED) is 0.796. The molecule has 7 heteroatoms. The van der Waals surface area contributed by atoms with E-state index in [0.717, 1.165) is 43.9 Å². The van der Waals surface area contributed by atoms with Crippen molar-refractivity contribution >= 4 is 21.4 Å². The molecule has 0 saturated carbocycles. The van der Waals surface area contributed by atoms with Gasteiger partial charge in [0.25, 0.3) is 0 Å². The van der Waals surface area contributed by atoms with Crippen molar-refractivity contribution in [2.75, 3.05) is 26.8 Å². The first-order chi connectivity index (χ1) is 10.0. The molecule has 1 saturated heterocycles. The average Bonchev–Trinajstić information content (AvgIpc) is 2.95. The van der Waals surface area contributed by atoms with Gasteiger partial charge in [0.2, 0.25) is 10.0 Å². The van der Waals surface area contributed by atoms with Crippen LogP contribution in [0.5, 0.6) is 0 Å². The number of thiophene rings is 1. The molecule has 120 valence electrons. The largest absolute Gasteiger partial charge is 0.381 e. The molecule has 0 spiro atoms. The molecule has 0 bridgehead atoms. The Bertz CT molecular complexity index is 536. The summed E-state index contributed by atoms with van der Waals surface area (Å²) in [4.78, 5) is 1.09. The lowest BCUT2D eigenvalue weighted by Gasteiger charge is -2.27. The highest BCUT2D eigenvalue weighted by molar-refractivity contribution is 7.91. The van der Waals surface area contributed by atoms with Crippen LogP contribution in [0, 0.1) is 5.92 Å². The molecule has 2 rings (SSSR count). The first-order valence-corrected chi connectivity index (χ1v) is 9.66. The fourth-order valence-electron chi connectivity index (χ4n) is 2.50. The van der Waals surface area contributed by atoms with Crippen molar-refractivity contribution in [1.29, 1.82) is 0 Å². The van der Waals surface area contributed by atoms with Gasteiger partial charge in [0, 0.05) is 24.1 Å². The number of nitrogens with one attached hydrogen (secondary N) is 2. The van der Waals surface area contributed by atoms with Crippen LogP contribution in [0.4, 0.5) is 0 Å². The average molecular weight is 332 g/mol. The third-order valence-corrected chi connectivity index (χ3v) is 7.03. The normalized spacial score (nSPS) is 18.8. The number of rotatable bonds is 7. The molecule has 0 aliphatic carbocycles. The molecule has 0 aromatic carbocycles. The minimum atomic E-state index is -3.41. The van der Waals surface area contributed by atoms with Crippen molar-refractivity contribution in [3.05, 3.63) is 17.0 Å². The number of hydrogen-bond donors (Lipinski definition) is 2. The number of sulfonamides is 1. The van der Waals surface area contributed by atoms with Gasteiger partial charge in [-0.05, 0) is 57.8 Å². The highest BCUT2D eigenvalue weighted by Crippen LogP contribution is 2.24. The Labute approximate surface area is 131 Å². The fourth-order valence-corrected chi connectivity index (χ4v) is 5.18. The highest BCUT2D eigenvalue weighted by Gasteiger charge is 2.26. The van der Waals surface area contributed by atoms with Gasteiger partial charge in [0.05, 0.1) is 0 Å². The summed E-state index contributed by atoms with van der Waals surface area (Å²) in [6.07, 6.45) is 2.69. The Morgan fingerprint density at radius 3 is 2.76 bits per heavy atom. The Balaban J connectivity index is 1.98. The molecule has 2 N–H and O–H groups in total. The fraction of sp³-hybridized carbons (Fsp3) is 0.714. The second-order valence-electron chi connectivity index (χ2n) is 5.43. The van der Waals surface area contributed by atoms with Gasteiger partial charge >= 0.3 is 0 Å². The van der Waals surface area contributed by atoms with Crippen LogP contribution in [0.1, 0.15) is 24.6 Å². The third-order valence-electron chi connectivity index (χ3n) is 3.84. The molecular weight excluding hydrogens is 308 g/mol. The lowest BCUT2D eigenvalue weighted by molar-refractivity contribution is 0.0586. The van der Waals surface area contributed by atoms with Crippen LogP contribution in [0.2, 0.25) is 0 Å². The van der Waals surface area contributed by atoms with Crippen LogP contribution in [-0.2, 0) is 21.2 Å². The predicted octanol–water partition coefficient (Wildman–Crippen LogP) is 1.60. The van der Waals surface area contributed by atoms with Gasteiger partial charge in [0.15, 0.2) is 0 Å². The molecule has 2 heterocycles. The minimum absolute atomic E-state index is 0.0539. The van der Waals surface area contributed by atoms with Crippen LogP contribution in [0.25, 0.3) is 0 Å². The topological polar surface area (TPSA) is 67.4 Å². The lowest BCUT2D eigenvalue weighted by Crippen LogP contribution is -2.39. The molecule has 1 atom stereocenters. The van der Waals surface area contributed by atoms with Crippen molar-refractivity contribution in [2.45, 2.75) is 36.4 Å². The highest BCUT2D eigenvalue weighted by atomic mass is 32.2. The van der Waals surface area contributed by atoms with E-state index in [2.05, 4.69) is 10.0 Å². The summed E-state index contributed by atoms with van der Waals surface area (Å²) in [7, 11) is -1.51. The van der Waals surface area contributed by atoms with E-state index in [9.17, 15) is 8.42 Å². The van der Waals surface area contributed by atoms with E-state index in [1.165, 1.54) is 11.3 Å². The SMILES string of the molecule is CNCCc1ccc(S(=O)(=O)NC(C)C2CCOCC2)s1. The maximum atomic E-state index is 12.4. The van der Waals surface area contributed by atoms with Gasteiger partial charge in [-0.1, -0.05) is 0 Å². The lowest BCUT2D eigenvalue weighted by atomic mass is 9.94. The number of ether oxygens (including phenoxy) is 1. The van der Waals surface area contributed by atoms with E-state index < -0.39 is 10.0 Å². The predicted molar refractivity (Wildman–Crippen MR) is 85.3 cm³/mol. The van der Waals surface area contributed by atoms with Gasteiger partial charge in [-0.2, -0.15) is 0 Å². The standard InChI is InChI=1S/C14H24N2O3S2/c1-11(12-6-9-19-10-7-12)16-21(17,18)14-4-3-13(20-14)5-8-15-2/h3-4,11-12,15-16H,5-10H2,1-2H3. The summed E-state index contributed by atoms with van der Waals surface area (Å²) in [5, 5.41) is 3.07. The molecule has 0 amide bonds. The number of likely N-dealkylation sites (N-methyl/N-ethyl adjacent to an activating group) is 1. The maximum absolute atomic E-state index is 12.4. The zero-order valence-corrected chi connectivity index (χ0v) is 14.2. The van der Waals surface area contributed by atoms with Crippen LogP contribution >= 0.6 is 11.3 Å². The molecule has 1 aliphatic rings. The molecule has 21 heavy (non-hydrogen) atoms. The van der Waals surface area contributed by atoms with Crippen molar-refractivity contribution in [3.63, 3.8) is 0 Å². The van der Waals surface area contributed by atoms with Gasteiger partial charge in [-0.25, -0.2) is 13.1 Å². The Hall–Kier alpha value is -0.470. The van der Waals surface area contributed by atoms with E-state index in [4.69, 9.17) is 4.74 Å². The van der Waals surface area contributed by atoms with E-state index in [1.807, 2.05) is 20.0 Å². The third kappa shape index (κ3) is 4.75. The Kier molecular flexibility index (Phi) is 6.19. The number of hydrogen-bond acceptors (Lipinski definition) is 5. The zero-order chi connectivity index (χ0) is 15.3. The van der Waals surface area contributed by atoms with Crippen molar-refractivity contribution < 1.29 is 13.2 Å². The second kappa shape index (κ2) is 7.69. The van der Waals surface area contributed by atoms with Gasteiger partial charge in [0.1, 0.15) is 4.21 Å². The molecule has 1 aliphatic heterocycles. The van der Waals surface area contributed by atoms with Crippen LogP contribution in [-0.4, -0.2) is 41.3 Å². The Morgan fingerprint density at radius 2 is 2.10 bits per heavy atom. The van der Waals surface area contributed by atoms with E-state index >= 15 is 0 Å². The summed E-state index contributed by atoms with van der Waals surface area (Å²) in [5.41, 5.74) is 0. The molecule has 1 aromatic heterocycles. The van der Waals surface area contributed by atoms with Crippen LogP contribution in [0.15, 0.2) is 16.3 Å². The molecule has 1 aromatic rings. The molecule has 0 radical (unpaired) electrons. The van der Waals surface area contributed by atoms with Gasteiger partial charge in [-0.15, -0.1) is 11.3 Å². The summed E-state index contributed by atoms with van der Waals surface area (Å²) < 4.78 is 33.4. The first kappa shape index (κ1) is 16.9. The van der Waals surface area contributed by atoms with Crippen LogP contribution < -0.4 is 10.0 Å². The zero-order valence-electron chi connectivity index (χ0n) is 12.6. The van der Waals surface area contributed by atoms with Crippen LogP contribution in [0.3, 0.4) is 0 Å². The maximum Gasteiger partial charge on any atom is 0.250 e. The Morgan fingerprint density at radius 1 is 1.38 bits per heavy atom. The van der Waals surface area contributed by atoms with E-state index in [-0.39, 0.29) is 6.04 Å². The van der Waals surface area contributed by atoms with Crippen molar-refractivity contribution in [1.82, 2.24) is 10.0 Å². The smallest absolute Gasteiger partial charge is 0.250 e. The first-order valence-electron chi connectivity index (χ1n) is 7.36. The monoisotopic (exact) mass is 332 g/mol. The summed E-state index contributed by atoms with van der Waals surface area (Å²) >= 11 is 1.35. The van der Waals surface area contributed by atoms with Gasteiger partial charge < -0.3 is 10.1 Å². The van der Waals surface area contributed by atoms with Crippen molar-refractivity contribution in [3.8, 4) is 0 Å². The summed E-state index contributed by atoms with van der Waals surface area (Å²) in [5.74, 6) is 0.359.